The van der Waals surface area contributed by atoms with E-state index in [-0.39, 0.29) is 18.3 Å². The van der Waals surface area contributed by atoms with E-state index in [1.165, 1.54) is 4.31 Å². The molecule has 0 spiro atoms. The molecule has 0 radical (unpaired) electrons. The molecule has 1 fully saturated rings. The SMILES string of the molecule is O=C(c1ccccc1COc1ccccc1)N1CCN(S(=O)(=O)Cc2ccccc2)CC1. The maximum absolute atomic E-state index is 13.2. The number of hydrogen-bond acceptors (Lipinski definition) is 4. The van der Waals surface area contributed by atoms with E-state index in [4.69, 9.17) is 4.74 Å². The van der Waals surface area contributed by atoms with Crippen molar-refractivity contribution in [3.05, 3.63) is 102 Å². The minimum absolute atomic E-state index is 0.0263. The predicted molar refractivity (Wildman–Crippen MR) is 124 cm³/mol. The van der Waals surface area contributed by atoms with E-state index in [9.17, 15) is 13.2 Å². The number of para-hydroxylation sites is 1. The lowest BCUT2D eigenvalue weighted by atomic mass is 10.1. The van der Waals surface area contributed by atoms with Crippen LogP contribution in [0, 0.1) is 0 Å². The Labute approximate surface area is 189 Å². The molecule has 0 unspecified atom stereocenters. The Bertz CT molecular complexity index is 1140. The summed E-state index contributed by atoms with van der Waals surface area (Å²) in [6.07, 6.45) is 0. The Morgan fingerprint density at radius 3 is 2.06 bits per heavy atom. The van der Waals surface area contributed by atoms with Gasteiger partial charge in [-0.15, -0.1) is 0 Å². The van der Waals surface area contributed by atoms with Gasteiger partial charge in [0, 0.05) is 37.3 Å². The molecule has 0 saturated carbocycles. The highest BCUT2D eigenvalue weighted by atomic mass is 32.2. The summed E-state index contributed by atoms with van der Waals surface area (Å²) < 4.78 is 32.9. The quantitative estimate of drug-likeness (QED) is 0.552. The van der Waals surface area contributed by atoms with Gasteiger partial charge in [-0.1, -0.05) is 66.7 Å². The van der Waals surface area contributed by atoms with E-state index < -0.39 is 10.0 Å². The number of carbonyl (C=O) groups is 1. The molecule has 1 heterocycles. The zero-order valence-corrected chi connectivity index (χ0v) is 18.6. The van der Waals surface area contributed by atoms with Crippen LogP contribution in [0.1, 0.15) is 21.5 Å². The molecule has 0 atom stereocenters. The predicted octanol–water partition coefficient (Wildman–Crippen LogP) is 3.55. The number of sulfonamides is 1. The molecular weight excluding hydrogens is 424 g/mol. The summed E-state index contributed by atoms with van der Waals surface area (Å²) in [4.78, 5) is 14.9. The van der Waals surface area contributed by atoms with Crippen molar-refractivity contribution < 1.29 is 17.9 Å². The van der Waals surface area contributed by atoms with Crippen LogP contribution in [0.15, 0.2) is 84.9 Å². The van der Waals surface area contributed by atoms with Crippen LogP contribution >= 0.6 is 0 Å². The van der Waals surface area contributed by atoms with Crippen molar-refractivity contribution >= 4 is 15.9 Å². The van der Waals surface area contributed by atoms with Crippen LogP contribution in [0.25, 0.3) is 0 Å². The highest BCUT2D eigenvalue weighted by Gasteiger charge is 2.30. The Kier molecular flexibility index (Phi) is 6.87. The van der Waals surface area contributed by atoms with Crippen molar-refractivity contribution in [3.63, 3.8) is 0 Å². The second kappa shape index (κ2) is 9.97. The molecule has 0 aromatic heterocycles. The van der Waals surface area contributed by atoms with E-state index in [0.717, 1.165) is 16.9 Å². The van der Waals surface area contributed by atoms with Gasteiger partial charge in [-0.05, 0) is 23.8 Å². The van der Waals surface area contributed by atoms with E-state index >= 15 is 0 Å². The van der Waals surface area contributed by atoms with Gasteiger partial charge in [0.2, 0.25) is 10.0 Å². The summed E-state index contributed by atoms with van der Waals surface area (Å²) in [5, 5.41) is 0. The molecule has 1 saturated heterocycles. The van der Waals surface area contributed by atoms with Crippen molar-refractivity contribution in [2.24, 2.45) is 0 Å². The molecule has 3 aromatic rings. The lowest BCUT2D eigenvalue weighted by molar-refractivity contribution is 0.0695. The third-order valence-electron chi connectivity index (χ3n) is 5.50. The summed E-state index contributed by atoms with van der Waals surface area (Å²) in [5.74, 6) is 0.617. The monoisotopic (exact) mass is 450 g/mol. The fourth-order valence-electron chi connectivity index (χ4n) is 3.75. The van der Waals surface area contributed by atoms with Crippen LogP contribution in [0.4, 0.5) is 0 Å². The van der Waals surface area contributed by atoms with Gasteiger partial charge in [-0.2, -0.15) is 4.31 Å². The number of carbonyl (C=O) groups excluding carboxylic acids is 1. The minimum atomic E-state index is -3.42. The van der Waals surface area contributed by atoms with Crippen LogP contribution in [-0.2, 0) is 22.4 Å². The summed E-state index contributed by atoms with van der Waals surface area (Å²) in [6, 6.07) is 26.0. The number of nitrogens with zero attached hydrogens (tertiary/aromatic N) is 2. The van der Waals surface area contributed by atoms with Gasteiger partial charge >= 0.3 is 0 Å². The Morgan fingerprint density at radius 1 is 0.781 bits per heavy atom. The topological polar surface area (TPSA) is 66.9 Å². The number of hydrogen-bond donors (Lipinski definition) is 0. The summed E-state index contributed by atoms with van der Waals surface area (Å²) in [5.41, 5.74) is 2.16. The average Bonchev–Trinajstić information content (AvgIpc) is 2.83. The molecule has 0 aliphatic carbocycles. The highest BCUT2D eigenvalue weighted by molar-refractivity contribution is 7.88. The Morgan fingerprint density at radius 2 is 1.38 bits per heavy atom. The third kappa shape index (κ3) is 5.36. The number of amides is 1. The van der Waals surface area contributed by atoms with Gasteiger partial charge in [-0.25, -0.2) is 8.42 Å². The Hall–Kier alpha value is -3.16. The normalized spacial score (nSPS) is 14.8. The van der Waals surface area contributed by atoms with E-state index in [1.807, 2.05) is 78.9 Å². The lowest BCUT2D eigenvalue weighted by Gasteiger charge is -2.34. The second-order valence-corrected chi connectivity index (χ2v) is 9.66. The van der Waals surface area contributed by atoms with Crippen LogP contribution in [0.5, 0.6) is 5.75 Å². The molecule has 4 rings (SSSR count). The van der Waals surface area contributed by atoms with E-state index in [1.54, 1.807) is 11.0 Å². The number of piperazine rings is 1. The smallest absolute Gasteiger partial charge is 0.254 e. The molecule has 0 N–H and O–H groups in total. The highest BCUT2D eigenvalue weighted by Crippen LogP contribution is 2.19. The molecule has 32 heavy (non-hydrogen) atoms. The third-order valence-corrected chi connectivity index (χ3v) is 7.35. The average molecular weight is 451 g/mol. The minimum Gasteiger partial charge on any atom is -0.489 e. The van der Waals surface area contributed by atoms with E-state index in [2.05, 4.69) is 0 Å². The standard InChI is InChI=1S/C25H26N2O4S/c28-25(24-14-8-7-11-22(24)19-31-23-12-5-2-6-13-23)26-15-17-27(18-16-26)32(29,30)20-21-9-3-1-4-10-21/h1-14H,15-20H2. The number of ether oxygens (including phenoxy) is 1. The largest absolute Gasteiger partial charge is 0.489 e. The van der Waals surface area contributed by atoms with Gasteiger partial charge in [0.1, 0.15) is 12.4 Å². The van der Waals surface area contributed by atoms with Crippen molar-refractivity contribution in [2.45, 2.75) is 12.4 Å². The summed E-state index contributed by atoms with van der Waals surface area (Å²) >= 11 is 0. The first-order valence-corrected chi connectivity index (χ1v) is 12.2. The number of benzene rings is 3. The van der Waals surface area contributed by atoms with Gasteiger partial charge in [0.25, 0.3) is 5.91 Å². The van der Waals surface area contributed by atoms with Crippen LogP contribution in [0.3, 0.4) is 0 Å². The Balaban J connectivity index is 1.38. The van der Waals surface area contributed by atoms with Crippen molar-refractivity contribution in [1.29, 1.82) is 0 Å². The van der Waals surface area contributed by atoms with Gasteiger partial charge in [0.05, 0.1) is 5.75 Å². The van der Waals surface area contributed by atoms with Gasteiger partial charge < -0.3 is 9.64 Å². The van der Waals surface area contributed by atoms with Crippen molar-refractivity contribution in [3.8, 4) is 5.75 Å². The maximum atomic E-state index is 13.2. The molecule has 6 nitrogen and oxygen atoms in total. The van der Waals surface area contributed by atoms with Crippen LogP contribution in [-0.4, -0.2) is 49.7 Å². The van der Waals surface area contributed by atoms with Crippen molar-refractivity contribution in [1.82, 2.24) is 9.21 Å². The van der Waals surface area contributed by atoms with Crippen LogP contribution < -0.4 is 4.74 Å². The zero-order chi connectivity index (χ0) is 22.4. The molecular formula is C25H26N2O4S. The fourth-order valence-corrected chi connectivity index (χ4v) is 5.26. The zero-order valence-electron chi connectivity index (χ0n) is 17.8. The lowest BCUT2D eigenvalue weighted by Crippen LogP contribution is -2.50. The first-order valence-electron chi connectivity index (χ1n) is 10.6. The molecule has 1 aliphatic heterocycles. The maximum Gasteiger partial charge on any atom is 0.254 e. The molecule has 166 valence electrons. The molecule has 1 amide bonds. The summed E-state index contributed by atoms with van der Waals surface area (Å²) in [7, 11) is -3.42. The summed E-state index contributed by atoms with van der Waals surface area (Å²) in [6.45, 7) is 1.60. The van der Waals surface area contributed by atoms with Gasteiger partial charge in [0.15, 0.2) is 0 Å². The number of rotatable bonds is 7. The van der Waals surface area contributed by atoms with Gasteiger partial charge in [-0.3, -0.25) is 4.79 Å². The first-order chi connectivity index (χ1) is 15.5. The van der Waals surface area contributed by atoms with E-state index in [0.29, 0.717) is 31.7 Å². The molecule has 3 aromatic carbocycles. The molecule has 0 bridgehead atoms. The molecule has 1 aliphatic rings. The fraction of sp³-hybridized carbons (Fsp3) is 0.240. The van der Waals surface area contributed by atoms with Crippen LogP contribution in [0.2, 0.25) is 0 Å². The first kappa shape index (κ1) is 22.0. The second-order valence-electron chi connectivity index (χ2n) is 7.69. The van der Waals surface area contributed by atoms with Crippen molar-refractivity contribution in [2.75, 3.05) is 26.2 Å². The molecule has 7 heteroatoms.